The van der Waals surface area contributed by atoms with Crippen LogP contribution in [0.1, 0.15) is 53.9 Å². The highest BCUT2D eigenvalue weighted by atomic mass is 14.9. The van der Waals surface area contributed by atoms with Crippen LogP contribution in [0.15, 0.2) is 0 Å². The molecule has 1 atom stereocenters. The zero-order valence-electron chi connectivity index (χ0n) is 8.91. The molecule has 0 amide bonds. The van der Waals surface area contributed by atoms with E-state index in [-0.39, 0.29) is 0 Å². The zero-order chi connectivity index (χ0) is 9.11. The minimum Gasteiger partial charge on any atom is -0.314 e. The first-order valence-electron chi connectivity index (χ1n) is 5.13. The van der Waals surface area contributed by atoms with Gasteiger partial charge in [0.2, 0.25) is 0 Å². The Bertz CT molecular complexity index is 46.8. The van der Waals surface area contributed by atoms with Crippen molar-refractivity contribution >= 4 is 0 Å². The van der Waals surface area contributed by atoms with Crippen LogP contribution in [0, 0.1) is 0 Å². The topological polar surface area (TPSA) is 12.0 Å². The average molecular weight is 159 g/mol. The second-order valence-corrected chi connectivity index (χ2v) is 2.35. The van der Waals surface area contributed by atoms with Gasteiger partial charge in [-0.1, -0.05) is 34.1 Å². The predicted octanol–water partition coefficient (Wildman–Crippen LogP) is 3.20. The first-order chi connectivity index (χ1) is 5.39. The molecule has 0 aromatic rings. The van der Waals surface area contributed by atoms with Gasteiger partial charge in [-0.15, -0.1) is 0 Å². The molecule has 1 nitrogen and oxygen atoms in total. The van der Waals surface area contributed by atoms with Crippen molar-refractivity contribution in [2.24, 2.45) is 0 Å². The van der Waals surface area contributed by atoms with Crippen molar-refractivity contribution in [2.75, 3.05) is 6.54 Å². The second-order valence-electron chi connectivity index (χ2n) is 2.35. The van der Waals surface area contributed by atoms with Crippen LogP contribution in [0.4, 0.5) is 0 Å². The molecule has 1 N–H and O–H groups in total. The third-order valence-electron chi connectivity index (χ3n) is 1.56. The number of hydrogen-bond acceptors (Lipinski definition) is 1. The summed E-state index contributed by atoms with van der Waals surface area (Å²) in [5, 5.41) is 3.38. The van der Waals surface area contributed by atoms with E-state index in [1.807, 2.05) is 27.7 Å². The zero-order valence-corrected chi connectivity index (χ0v) is 8.91. The largest absolute Gasteiger partial charge is 0.314 e. The van der Waals surface area contributed by atoms with Crippen molar-refractivity contribution in [1.29, 1.82) is 0 Å². The Kier molecular flexibility index (Phi) is 15.5. The van der Waals surface area contributed by atoms with E-state index in [4.69, 9.17) is 0 Å². The third kappa shape index (κ3) is 9.96. The molecule has 1 saturated heterocycles. The van der Waals surface area contributed by atoms with E-state index in [2.05, 4.69) is 12.2 Å². The lowest BCUT2D eigenvalue weighted by Gasteiger charge is -2.18. The molecule has 1 aliphatic heterocycles. The van der Waals surface area contributed by atoms with Crippen LogP contribution >= 0.6 is 0 Å². The minimum absolute atomic E-state index is 0.786. The molecule has 0 aromatic carbocycles. The van der Waals surface area contributed by atoms with Crippen molar-refractivity contribution < 1.29 is 0 Å². The van der Waals surface area contributed by atoms with Crippen LogP contribution < -0.4 is 5.32 Å². The first-order valence-corrected chi connectivity index (χ1v) is 5.13. The summed E-state index contributed by atoms with van der Waals surface area (Å²) in [4.78, 5) is 0. The smallest absolute Gasteiger partial charge is 0.00387 e. The Morgan fingerprint density at radius 1 is 1.00 bits per heavy atom. The van der Waals surface area contributed by atoms with Gasteiger partial charge < -0.3 is 5.32 Å². The molecule has 0 aromatic heterocycles. The van der Waals surface area contributed by atoms with Crippen LogP contribution in [0.25, 0.3) is 0 Å². The standard InChI is InChI=1S/C6H13N.2C2H6/c1-6-4-2-3-5-7-6;2*1-2/h6-7H,2-5H2,1H3;2*1-2H3. The Morgan fingerprint density at radius 2 is 1.55 bits per heavy atom. The quantitative estimate of drug-likeness (QED) is 0.572. The van der Waals surface area contributed by atoms with Gasteiger partial charge >= 0.3 is 0 Å². The van der Waals surface area contributed by atoms with Crippen LogP contribution in [0.2, 0.25) is 0 Å². The molecular formula is C10H25N. The molecule has 0 bridgehead atoms. The third-order valence-corrected chi connectivity index (χ3v) is 1.56. The van der Waals surface area contributed by atoms with Crippen LogP contribution in [0.3, 0.4) is 0 Å². The Balaban J connectivity index is 0. The number of rotatable bonds is 0. The average Bonchev–Trinajstić information content (AvgIpc) is 2.13. The summed E-state index contributed by atoms with van der Waals surface area (Å²) >= 11 is 0. The van der Waals surface area contributed by atoms with Crippen LogP contribution in [0.5, 0.6) is 0 Å². The normalized spacial score (nSPS) is 22.1. The van der Waals surface area contributed by atoms with Crippen molar-refractivity contribution in [3.63, 3.8) is 0 Å². The molecular weight excluding hydrogens is 134 g/mol. The predicted molar refractivity (Wildman–Crippen MR) is 54.0 cm³/mol. The summed E-state index contributed by atoms with van der Waals surface area (Å²) in [7, 11) is 0. The summed E-state index contributed by atoms with van der Waals surface area (Å²) in [5.74, 6) is 0. The fraction of sp³-hybridized carbons (Fsp3) is 1.00. The SMILES string of the molecule is CC.CC.CC1CCCCN1. The fourth-order valence-corrected chi connectivity index (χ4v) is 1.03. The minimum atomic E-state index is 0.786. The van der Waals surface area contributed by atoms with Crippen molar-refractivity contribution in [1.82, 2.24) is 5.32 Å². The van der Waals surface area contributed by atoms with Gasteiger partial charge in [-0.05, 0) is 26.3 Å². The lowest BCUT2D eigenvalue weighted by Crippen LogP contribution is -2.30. The van der Waals surface area contributed by atoms with E-state index in [0.717, 1.165) is 6.04 Å². The molecule has 1 heterocycles. The van der Waals surface area contributed by atoms with Gasteiger partial charge in [0.15, 0.2) is 0 Å². The Hall–Kier alpha value is -0.0400. The van der Waals surface area contributed by atoms with Gasteiger partial charge in [-0.3, -0.25) is 0 Å². The second kappa shape index (κ2) is 12.6. The van der Waals surface area contributed by atoms with E-state index in [9.17, 15) is 0 Å². The number of hydrogen-bond donors (Lipinski definition) is 1. The molecule has 1 aliphatic rings. The van der Waals surface area contributed by atoms with Crippen molar-refractivity contribution in [2.45, 2.75) is 59.9 Å². The maximum Gasteiger partial charge on any atom is 0.00387 e. The number of piperidine rings is 1. The van der Waals surface area contributed by atoms with E-state index >= 15 is 0 Å². The van der Waals surface area contributed by atoms with E-state index in [1.54, 1.807) is 0 Å². The van der Waals surface area contributed by atoms with Crippen molar-refractivity contribution in [3.8, 4) is 0 Å². The molecule has 11 heavy (non-hydrogen) atoms. The Morgan fingerprint density at radius 3 is 1.73 bits per heavy atom. The highest BCUT2D eigenvalue weighted by molar-refractivity contribution is 4.65. The maximum absolute atomic E-state index is 3.38. The molecule has 1 rings (SSSR count). The molecule has 1 fully saturated rings. The van der Waals surface area contributed by atoms with Gasteiger partial charge in [-0.25, -0.2) is 0 Å². The molecule has 1 unspecified atom stereocenters. The van der Waals surface area contributed by atoms with Gasteiger partial charge in [0.1, 0.15) is 0 Å². The van der Waals surface area contributed by atoms with Crippen LogP contribution in [-0.2, 0) is 0 Å². The van der Waals surface area contributed by atoms with Gasteiger partial charge in [0.25, 0.3) is 0 Å². The highest BCUT2D eigenvalue weighted by Crippen LogP contribution is 2.04. The lowest BCUT2D eigenvalue weighted by molar-refractivity contribution is 0.425. The molecule has 0 radical (unpaired) electrons. The summed E-state index contributed by atoms with van der Waals surface area (Å²) < 4.78 is 0. The molecule has 0 saturated carbocycles. The molecule has 0 aliphatic carbocycles. The first kappa shape index (κ1) is 13.5. The van der Waals surface area contributed by atoms with E-state index < -0.39 is 0 Å². The lowest BCUT2D eigenvalue weighted by atomic mass is 10.1. The molecule has 1 heteroatoms. The monoisotopic (exact) mass is 159 g/mol. The summed E-state index contributed by atoms with van der Waals surface area (Å²) in [6, 6.07) is 0.786. The van der Waals surface area contributed by atoms with Gasteiger partial charge in [0.05, 0.1) is 0 Å². The summed E-state index contributed by atoms with van der Waals surface area (Å²) in [6.45, 7) is 11.5. The van der Waals surface area contributed by atoms with Gasteiger partial charge in [0, 0.05) is 6.04 Å². The Labute approximate surface area is 72.6 Å². The maximum atomic E-state index is 3.38. The number of nitrogens with one attached hydrogen (secondary N) is 1. The summed E-state index contributed by atoms with van der Waals surface area (Å²) in [5.41, 5.74) is 0. The van der Waals surface area contributed by atoms with E-state index in [0.29, 0.717) is 0 Å². The van der Waals surface area contributed by atoms with E-state index in [1.165, 1.54) is 25.8 Å². The summed E-state index contributed by atoms with van der Waals surface area (Å²) in [6.07, 6.45) is 4.18. The van der Waals surface area contributed by atoms with Crippen LogP contribution in [-0.4, -0.2) is 12.6 Å². The molecule has 70 valence electrons. The fourth-order valence-electron chi connectivity index (χ4n) is 1.03. The highest BCUT2D eigenvalue weighted by Gasteiger charge is 2.04. The van der Waals surface area contributed by atoms with Gasteiger partial charge in [-0.2, -0.15) is 0 Å². The van der Waals surface area contributed by atoms with Crippen molar-refractivity contribution in [3.05, 3.63) is 0 Å². The molecule has 0 spiro atoms.